The molecule has 1 aromatic heterocycles. The third-order valence-electron chi connectivity index (χ3n) is 5.09. The zero-order chi connectivity index (χ0) is 18.6. The van der Waals surface area contributed by atoms with E-state index < -0.39 is 0 Å². The van der Waals surface area contributed by atoms with Gasteiger partial charge < -0.3 is 19.1 Å². The molecule has 0 aliphatic carbocycles. The van der Waals surface area contributed by atoms with Crippen LogP contribution in [0.25, 0.3) is 0 Å². The number of hydrogen-bond acceptors (Lipinski definition) is 6. The molecule has 2 aliphatic rings. The van der Waals surface area contributed by atoms with Crippen molar-refractivity contribution in [3.8, 4) is 17.5 Å². The predicted molar refractivity (Wildman–Crippen MR) is 97.9 cm³/mol. The van der Waals surface area contributed by atoms with Crippen molar-refractivity contribution in [3.63, 3.8) is 0 Å². The van der Waals surface area contributed by atoms with Gasteiger partial charge in [-0.05, 0) is 24.1 Å². The number of ether oxygens (including phenoxy) is 3. The van der Waals surface area contributed by atoms with Gasteiger partial charge in [-0.2, -0.15) is 0 Å². The van der Waals surface area contributed by atoms with Crippen LogP contribution in [0, 0.1) is 5.92 Å². The number of fused-ring (bicyclic) bond motifs is 1. The summed E-state index contributed by atoms with van der Waals surface area (Å²) in [7, 11) is 1.63. The normalized spacial score (nSPS) is 19.7. The van der Waals surface area contributed by atoms with Crippen molar-refractivity contribution >= 4 is 5.91 Å². The molecule has 7 nitrogen and oxygen atoms in total. The standard InChI is InChI=1S/C20H23N3O4/c1-25-17-5-2-4-14-12-15(13-26-18(14)17)19(24)23-10-6-16(7-11-23)27-20-21-8-3-9-22-20/h2-5,8-9,15-16H,6-7,10-13H2,1H3/t15-/m1/s1. The fourth-order valence-corrected chi connectivity index (χ4v) is 3.66. The number of aromatic nitrogens is 2. The number of amides is 1. The second-order valence-electron chi connectivity index (χ2n) is 6.83. The number of methoxy groups -OCH3 is 1. The molecule has 3 heterocycles. The van der Waals surface area contributed by atoms with Crippen LogP contribution in [0.2, 0.25) is 0 Å². The summed E-state index contributed by atoms with van der Waals surface area (Å²) in [6, 6.07) is 7.96. The molecule has 7 heteroatoms. The Bertz CT molecular complexity index is 791. The highest BCUT2D eigenvalue weighted by molar-refractivity contribution is 5.80. The molecule has 142 valence electrons. The number of likely N-dealkylation sites (tertiary alicyclic amines) is 1. The first-order valence-corrected chi connectivity index (χ1v) is 9.25. The monoisotopic (exact) mass is 369 g/mol. The first kappa shape index (κ1) is 17.6. The van der Waals surface area contributed by atoms with E-state index in [2.05, 4.69) is 9.97 Å². The summed E-state index contributed by atoms with van der Waals surface area (Å²) in [6.07, 6.45) is 5.61. The van der Waals surface area contributed by atoms with Crippen molar-refractivity contribution in [1.29, 1.82) is 0 Å². The maximum atomic E-state index is 12.9. The molecule has 1 amide bonds. The molecule has 2 aromatic rings. The fraction of sp³-hybridized carbons (Fsp3) is 0.450. The number of piperidine rings is 1. The lowest BCUT2D eigenvalue weighted by Gasteiger charge is -2.35. The minimum Gasteiger partial charge on any atom is -0.493 e. The molecule has 1 aromatic carbocycles. The summed E-state index contributed by atoms with van der Waals surface area (Å²) in [5.41, 5.74) is 1.03. The lowest BCUT2D eigenvalue weighted by atomic mass is 9.94. The number of carbonyl (C=O) groups is 1. The van der Waals surface area contributed by atoms with Crippen LogP contribution in [0.4, 0.5) is 0 Å². The lowest BCUT2D eigenvalue weighted by molar-refractivity contribution is -0.138. The maximum absolute atomic E-state index is 12.9. The summed E-state index contributed by atoms with van der Waals surface area (Å²) >= 11 is 0. The van der Waals surface area contributed by atoms with E-state index in [0.717, 1.165) is 29.9 Å². The predicted octanol–water partition coefficient (Wildman–Crippen LogP) is 2.11. The average molecular weight is 369 g/mol. The molecular weight excluding hydrogens is 346 g/mol. The Labute approximate surface area is 158 Å². The summed E-state index contributed by atoms with van der Waals surface area (Å²) in [5, 5.41) is 0. The minimum absolute atomic E-state index is 0.0454. The summed E-state index contributed by atoms with van der Waals surface area (Å²) in [6.45, 7) is 1.75. The Kier molecular flexibility index (Phi) is 5.09. The molecule has 0 spiro atoms. The number of hydrogen-bond donors (Lipinski definition) is 0. The van der Waals surface area contributed by atoms with Crippen molar-refractivity contribution in [2.45, 2.75) is 25.4 Å². The van der Waals surface area contributed by atoms with Crippen LogP contribution in [0.5, 0.6) is 17.5 Å². The van der Waals surface area contributed by atoms with Gasteiger partial charge in [0.2, 0.25) is 5.91 Å². The lowest BCUT2D eigenvalue weighted by Crippen LogP contribution is -2.46. The summed E-state index contributed by atoms with van der Waals surface area (Å²) in [5.74, 6) is 1.48. The highest BCUT2D eigenvalue weighted by Gasteiger charge is 2.33. The molecule has 1 atom stereocenters. The van der Waals surface area contributed by atoms with Gasteiger partial charge in [0, 0.05) is 38.3 Å². The van der Waals surface area contributed by atoms with E-state index in [0.29, 0.717) is 32.1 Å². The smallest absolute Gasteiger partial charge is 0.316 e. The topological polar surface area (TPSA) is 73.8 Å². The molecule has 2 aliphatic heterocycles. The zero-order valence-corrected chi connectivity index (χ0v) is 15.3. The highest BCUT2D eigenvalue weighted by Crippen LogP contribution is 2.36. The number of nitrogens with zero attached hydrogens (tertiary/aromatic N) is 3. The Hall–Kier alpha value is -2.83. The molecule has 0 unspecified atom stereocenters. The molecule has 0 radical (unpaired) electrons. The van der Waals surface area contributed by atoms with Crippen LogP contribution in [-0.2, 0) is 11.2 Å². The van der Waals surface area contributed by atoms with Crippen molar-refractivity contribution in [3.05, 3.63) is 42.2 Å². The zero-order valence-electron chi connectivity index (χ0n) is 15.3. The van der Waals surface area contributed by atoms with E-state index in [1.165, 1.54) is 0 Å². The fourth-order valence-electron chi connectivity index (χ4n) is 3.66. The highest BCUT2D eigenvalue weighted by atomic mass is 16.5. The number of carbonyl (C=O) groups excluding carboxylic acids is 1. The van der Waals surface area contributed by atoms with Gasteiger partial charge in [0.25, 0.3) is 0 Å². The quantitative estimate of drug-likeness (QED) is 0.822. The first-order chi connectivity index (χ1) is 13.2. The van der Waals surface area contributed by atoms with E-state index in [9.17, 15) is 4.79 Å². The van der Waals surface area contributed by atoms with Gasteiger partial charge >= 0.3 is 6.01 Å². The van der Waals surface area contributed by atoms with Gasteiger partial charge in [-0.1, -0.05) is 12.1 Å². The van der Waals surface area contributed by atoms with E-state index in [-0.39, 0.29) is 17.9 Å². The molecule has 27 heavy (non-hydrogen) atoms. The molecular formula is C20H23N3O4. The van der Waals surface area contributed by atoms with E-state index in [1.54, 1.807) is 25.6 Å². The van der Waals surface area contributed by atoms with Crippen molar-refractivity contribution in [2.24, 2.45) is 5.92 Å². The average Bonchev–Trinajstić information content (AvgIpc) is 2.73. The number of para-hydroxylation sites is 1. The Balaban J connectivity index is 1.33. The molecule has 1 fully saturated rings. The van der Waals surface area contributed by atoms with Gasteiger partial charge in [-0.15, -0.1) is 0 Å². The van der Waals surface area contributed by atoms with Crippen LogP contribution in [-0.4, -0.2) is 53.7 Å². The van der Waals surface area contributed by atoms with Gasteiger partial charge in [0.15, 0.2) is 11.5 Å². The van der Waals surface area contributed by atoms with Crippen molar-refractivity contribution in [2.75, 3.05) is 26.8 Å². The van der Waals surface area contributed by atoms with E-state index >= 15 is 0 Å². The molecule has 0 bridgehead atoms. The van der Waals surface area contributed by atoms with Crippen molar-refractivity contribution < 1.29 is 19.0 Å². The number of benzene rings is 1. The van der Waals surface area contributed by atoms with Crippen LogP contribution in [0.15, 0.2) is 36.7 Å². The molecule has 1 saturated heterocycles. The second kappa shape index (κ2) is 7.82. The molecule has 0 N–H and O–H groups in total. The largest absolute Gasteiger partial charge is 0.493 e. The van der Waals surface area contributed by atoms with Gasteiger partial charge in [0.1, 0.15) is 12.7 Å². The SMILES string of the molecule is COc1cccc2c1OC[C@H](C(=O)N1CCC(Oc3ncccn3)CC1)C2. The third kappa shape index (κ3) is 3.82. The maximum Gasteiger partial charge on any atom is 0.316 e. The Morgan fingerprint density at radius 1 is 1.19 bits per heavy atom. The van der Waals surface area contributed by atoms with E-state index in [1.807, 2.05) is 23.1 Å². The first-order valence-electron chi connectivity index (χ1n) is 9.25. The van der Waals surface area contributed by atoms with Crippen LogP contribution < -0.4 is 14.2 Å². The Morgan fingerprint density at radius 3 is 2.70 bits per heavy atom. The molecule has 4 rings (SSSR count). The van der Waals surface area contributed by atoms with Crippen LogP contribution in [0.3, 0.4) is 0 Å². The second-order valence-corrected chi connectivity index (χ2v) is 6.83. The van der Waals surface area contributed by atoms with Gasteiger partial charge in [-0.3, -0.25) is 4.79 Å². The van der Waals surface area contributed by atoms with Crippen LogP contribution >= 0.6 is 0 Å². The summed E-state index contributed by atoms with van der Waals surface area (Å²) < 4.78 is 17.0. The summed E-state index contributed by atoms with van der Waals surface area (Å²) in [4.78, 5) is 23.0. The van der Waals surface area contributed by atoms with Crippen molar-refractivity contribution in [1.82, 2.24) is 14.9 Å². The number of rotatable bonds is 4. The van der Waals surface area contributed by atoms with Gasteiger partial charge in [-0.25, -0.2) is 9.97 Å². The minimum atomic E-state index is -0.153. The third-order valence-corrected chi connectivity index (χ3v) is 5.09. The van der Waals surface area contributed by atoms with E-state index in [4.69, 9.17) is 14.2 Å². The van der Waals surface area contributed by atoms with Crippen LogP contribution in [0.1, 0.15) is 18.4 Å². The van der Waals surface area contributed by atoms with Gasteiger partial charge in [0.05, 0.1) is 13.0 Å². The Morgan fingerprint density at radius 2 is 1.96 bits per heavy atom. The molecule has 0 saturated carbocycles.